The molecule has 0 saturated carbocycles. The molecule has 0 aliphatic carbocycles. The van der Waals surface area contributed by atoms with E-state index in [1.807, 2.05) is 36.4 Å². The number of benzene rings is 2. The summed E-state index contributed by atoms with van der Waals surface area (Å²) in [5.74, 6) is 1.75. The Balaban J connectivity index is 1.64. The van der Waals surface area contributed by atoms with Gasteiger partial charge in [-0.2, -0.15) is 5.10 Å². The third-order valence-corrected chi connectivity index (χ3v) is 4.49. The van der Waals surface area contributed by atoms with Crippen molar-refractivity contribution >= 4 is 12.1 Å². The molecule has 162 valence electrons. The molecule has 30 heavy (non-hydrogen) atoms. The maximum atomic E-state index is 11.9. The van der Waals surface area contributed by atoms with Crippen molar-refractivity contribution in [3.8, 4) is 17.2 Å². The summed E-state index contributed by atoms with van der Waals surface area (Å²) in [5.41, 5.74) is 3.22. The molecule has 0 aliphatic rings. The molecule has 1 N–H and O–H groups in total. The minimum Gasteiger partial charge on any atom is -0.496 e. The average Bonchev–Trinajstić information content (AvgIpc) is 2.78. The number of amides is 1. The van der Waals surface area contributed by atoms with Gasteiger partial charge in [-0.05, 0) is 42.8 Å². The van der Waals surface area contributed by atoms with E-state index in [0.29, 0.717) is 11.5 Å². The highest BCUT2D eigenvalue weighted by Gasteiger charge is 2.03. The molecule has 0 heterocycles. The van der Waals surface area contributed by atoms with E-state index in [1.54, 1.807) is 19.2 Å². The second kappa shape index (κ2) is 14.0. The Kier molecular flexibility index (Phi) is 10.9. The number of rotatable bonds is 14. The molecule has 0 unspecified atom stereocenters. The van der Waals surface area contributed by atoms with Gasteiger partial charge in [0.25, 0.3) is 5.91 Å². The summed E-state index contributed by atoms with van der Waals surface area (Å²) in [7, 11) is 1.59. The van der Waals surface area contributed by atoms with E-state index in [0.717, 1.165) is 24.3 Å². The van der Waals surface area contributed by atoms with Crippen LogP contribution in [0.3, 0.4) is 0 Å². The summed E-state index contributed by atoms with van der Waals surface area (Å²) in [6, 6.07) is 14.7. The van der Waals surface area contributed by atoms with Gasteiger partial charge in [0.2, 0.25) is 0 Å². The predicted octanol–water partition coefficient (Wildman–Crippen LogP) is 4.96. The van der Waals surface area contributed by atoms with Crippen molar-refractivity contribution in [3.63, 3.8) is 0 Å². The third kappa shape index (κ3) is 8.99. The Morgan fingerprint density at radius 2 is 1.60 bits per heavy atom. The van der Waals surface area contributed by atoms with Crippen molar-refractivity contribution in [1.82, 2.24) is 5.43 Å². The zero-order valence-corrected chi connectivity index (χ0v) is 17.9. The Morgan fingerprint density at radius 3 is 2.33 bits per heavy atom. The van der Waals surface area contributed by atoms with Crippen LogP contribution in [0.25, 0.3) is 0 Å². The fraction of sp³-hybridized carbons (Fsp3) is 0.417. The largest absolute Gasteiger partial charge is 0.496 e. The fourth-order valence-corrected chi connectivity index (χ4v) is 2.83. The van der Waals surface area contributed by atoms with Gasteiger partial charge in [-0.1, -0.05) is 51.2 Å². The molecule has 0 bridgehead atoms. The first kappa shape index (κ1) is 23.3. The Labute approximate surface area is 179 Å². The maximum absolute atomic E-state index is 11.9. The molecule has 2 aromatic carbocycles. The van der Waals surface area contributed by atoms with Gasteiger partial charge in [-0.15, -0.1) is 0 Å². The van der Waals surface area contributed by atoms with Gasteiger partial charge in [0.1, 0.15) is 17.2 Å². The summed E-state index contributed by atoms with van der Waals surface area (Å²) in [6.07, 6.45) is 8.97. The van der Waals surface area contributed by atoms with E-state index >= 15 is 0 Å². The lowest BCUT2D eigenvalue weighted by molar-refractivity contribution is -0.123. The number of nitrogens with one attached hydrogen (secondary N) is 1. The van der Waals surface area contributed by atoms with Crippen molar-refractivity contribution in [2.45, 2.75) is 45.4 Å². The molecule has 0 spiro atoms. The Bertz CT molecular complexity index is 775. The second-order valence-corrected chi connectivity index (χ2v) is 6.91. The average molecular weight is 413 g/mol. The first-order valence-electron chi connectivity index (χ1n) is 10.5. The monoisotopic (exact) mass is 412 g/mol. The van der Waals surface area contributed by atoms with Gasteiger partial charge in [-0.3, -0.25) is 4.79 Å². The molecule has 0 atom stereocenters. The summed E-state index contributed by atoms with van der Waals surface area (Å²) in [6.45, 7) is 2.82. The van der Waals surface area contributed by atoms with Crippen LogP contribution < -0.4 is 19.6 Å². The van der Waals surface area contributed by atoms with Crippen LogP contribution >= 0.6 is 0 Å². The predicted molar refractivity (Wildman–Crippen MR) is 120 cm³/mol. The van der Waals surface area contributed by atoms with Crippen LogP contribution in [0.5, 0.6) is 17.2 Å². The normalized spacial score (nSPS) is 10.7. The van der Waals surface area contributed by atoms with Gasteiger partial charge < -0.3 is 14.2 Å². The van der Waals surface area contributed by atoms with Crippen LogP contribution in [0.1, 0.15) is 51.0 Å². The minimum atomic E-state index is -0.343. The molecule has 1 amide bonds. The highest BCUT2D eigenvalue weighted by atomic mass is 16.5. The molecule has 6 nitrogen and oxygen atoms in total. The van der Waals surface area contributed by atoms with Gasteiger partial charge in [-0.25, -0.2) is 5.43 Å². The molecule has 0 saturated heterocycles. The molecule has 0 aromatic heterocycles. The first-order valence-corrected chi connectivity index (χ1v) is 10.5. The lowest BCUT2D eigenvalue weighted by Gasteiger charge is -2.08. The van der Waals surface area contributed by atoms with Crippen molar-refractivity contribution in [3.05, 3.63) is 54.1 Å². The van der Waals surface area contributed by atoms with E-state index < -0.39 is 0 Å². The van der Waals surface area contributed by atoms with Crippen LogP contribution in [-0.4, -0.2) is 32.4 Å². The number of carbonyl (C=O) groups is 1. The zero-order valence-electron chi connectivity index (χ0n) is 17.9. The van der Waals surface area contributed by atoms with E-state index in [1.165, 1.54) is 38.3 Å². The molecule has 6 heteroatoms. The molecule has 2 rings (SSSR count). The quantitative estimate of drug-likeness (QED) is 0.270. The maximum Gasteiger partial charge on any atom is 0.277 e. The highest BCUT2D eigenvalue weighted by molar-refractivity contribution is 5.85. The first-order chi connectivity index (χ1) is 14.7. The number of unbranched alkanes of at least 4 members (excludes halogenated alkanes) is 5. The SMILES string of the molecule is CCCCCCCCOc1ccc(OCC(=O)N/N=C\c2ccccc2OC)cc1. The molecule has 0 aliphatic heterocycles. The summed E-state index contributed by atoms with van der Waals surface area (Å²) < 4.78 is 16.5. The number of carbonyl (C=O) groups excluding carboxylic acids is 1. The van der Waals surface area contributed by atoms with E-state index in [4.69, 9.17) is 14.2 Å². The number of ether oxygens (including phenoxy) is 3. The number of hydrazone groups is 1. The highest BCUT2D eigenvalue weighted by Crippen LogP contribution is 2.18. The Hall–Kier alpha value is -3.02. The third-order valence-electron chi connectivity index (χ3n) is 4.49. The van der Waals surface area contributed by atoms with Gasteiger partial charge >= 0.3 is 0 Å². The second-order valence-electron chi connectivity index (χ2n) is 6.91. The number of nitrogens with zero attached hydrogens (tertiary/aromatic N) is 1. The van der Waals surface area contributed by atoms with Gasteiger partial charge in [0.15, 0.2) is 6.61 Å². The summed E-state index contributed by atoms with van der Waals surface area (Å²) in [4.78, 5) is 11.9. The van der Waals surface area contributed by atoms with Crippen molar-refractivity contribution < 1.29 is 19.0 Å². The van der Waals surface area contributed by atoms with Crippen LogP contribution in [0.15, 0.2) is 53.6 Å². The molecule has 0 radical (unpaired) electrons. The van der Waals surface area contributed by atoms with Crippen LogP contribution in [0.2, 0.25) is 0 Å². The molecule has 2 aromatic rings. The topological polar surface area (TPSA) is 69.2 Å². The fourth-order valence-electron chi connectivity index (χ4n) is 2.83. The van der Waals surface area contributed by atoms with Gasteiger partial charge in [0.05, 0.1) is 19.9 Å². The number of hydrogen-bond acceptors (Lipinski definition) is 5. The number of methoxy groups -OCH3 is 1. The Morgan fingerprint density at radius 1 is 0.933 bits per heavy atom. The van der Waals surface area contributed by atoms with Crippen LogP contribution in [-0.2, 0) is 4.79 Å². The van der Waals surface area contributed by atoms with E-state index in [-0.39, 0.29) is 12.5 Å². The molecular weight excluding hydrogens is 380 g/mol. The standard InChI is InChI=1S/C24H32N2O4/c1-3-4-5-6-7-10-17-29-21-13-15-22(16-14-21)30-19-24(27)26-25-18-20-11-8-9-12-23(20)28-2/h8-9,11-16,18H,3-7,10,17,19H2,1-2H3,(H,26,27)/b25-18-. The van der Waals surface area contributed by atoms with Gasteiger partial charge in [0, 0.05) is 5.56 Å². The van der Waals surface area contributed by atoms with E-state index in [9.17, 15) is 4.79 Å². The van der Waals surface area contributed by atoms with E-state index in [2.05, 4.69) is 17.5 Å². The van der Waals surface area contributed by atoms with Crippen LogP contribution in [0, 0.1) is 0 Å². The minimum absolute atomic E-state index is 0.124. The smallest absolute Gasteiger partial charge is 0.277 e. The molecular formula is C24H32N2O4. The number of hydrogen-bond donors (Lipinski definition) is 1. The van der Waals surface area contributed by atoms with Crippen molar-refractivity contribution in [2.24, 2.45) is 5.10 Å². The summed E-state index contributed by atoms with van der Waals surface area (Å²) in [5, 5.41) is 3.94. The zero-order chi connectivity index (χ0) is 21.4. The lowest BCUT2D eigenvalue weighted by Crippen LogP contribution is -2.24. The molecule has 0 fully saturated rings. The summed E-state index contributed by atoms with van der Waals surface area (Å²) >= 11 is 0. The van der Waals surface area contributed by atoms with Crippen LogP contribution in [0.4, 0.5) is 0 Å². The lowest BCUT2D eigenvalue weighted by atomic mass is 10.1. The number of para-hydroxylation sites is 1. The van der Waals surface area contributed by atoms with Crippen molar-refractivity contribution in [2.75, 3.05) is 20.3 Å². The van der Waals surface area contributed by atoms with Crippen molar-refractivity contribution in [1.29, 1.82) is 0 Å².